The molecule has 1 atom stereocenters. The minimum atomic E-state index is -0.583. The summed E-state index contributed by atoms with van der Waals surface area (Å²) in [5, 5.41) is 3.41. The molecule has 6 heterocycles. The Hall–Kier alpha value is -7.33. The highest BCUT2D eigenvalue weighted by atomic mass is 16.2. The number of para-hydroxylation sites is 1. The van der Waals surface area contributed by atoms with Crippen molar-refractivity contribution in [2.45, 2.75) is 57.7 Å². The summed E-state index contributed by atoms with van der Waals surface area (Å²) in [5.74, 6) is 6.56. The summed E-state index contributed by atoms with van der Waals surface area (Å²) < 4.78 is 0. The number of piperazine rings is 1. The minimum Gasteiger partial charge on any atom is -0.332 e. The number of rotatable bonds is 11. The first-order chi connectivity index (χ1) is 32.8. The zero-order valence-corrected chi connectivity index (χ0v) is 37.5. The molecule has 0 bridgehead atoms. The topological polar surface area (TPSA) is 132 Å². The molecule has 67 heavy (non-hydrogen) atoms. The van der Waals surface area contributed by atoms with E-state index >= 15 is 0 Å². The van der Waals surface area contributed by atoms with Gasteiger partial charge in [-0.25, -0.2) is 9.97 Å². The summed E-state index contributed by atoms with van der Waals surface area (Å²) in [6.07, 6.45) is 12.3. The fraction of sp³-hybridized carbons (Fsp3) is 0.291. The van der Waals surface area contributed by atoms with Gasteiger partial charge in [0.15, 0.2) is 5.82 Å². The van der Waals surface area contributed by atoms with Crippen LogP contribution in [0.15, 0.2) is 109 Å². The summed E-state index contributed by atoms with van der Waals surface area (Å²) >= 11 is 0. The fourth-order valence-corrected chi connectivity index (χ4v) is 9.47. The first-order valence-corrected chi connectivity index (χ1v) is 23.4. The number of hydrogen-bond acceptors (Lipinski definition) is 9. The lowest BCUT2D eigenvalue weighted by atomic mass is 10.0. The van der Waals surface area contributed by atoms with Gasteiger partial charge in [0, 0.05) is 85.7 Å². The molecule has 4 aromatic carbocycles. The molecule has 2 saturated heterocycles. The summed E-state index contributed by atoms with van der Waals surface area (Å²) in [6.45, 7) is 7.38. The second kappa shape index (κ2) is 19.6. The number of aryl methyl sites for hydroxylation is 1. The van der Waals surface area contributed by atoms with Crippen LogP contribution in [-0.4, -0.2) is 110 Å². The third-order valence-electron chi connectivity index (χ3n) is 13.4. The highest BCUT2D eigenvalue weighted by Gasteiger charge is 2.39. The Balaban J connectivity index is 0.634. The van der Waals surface area contributed by atoms with Gasteiger partial charge in [0.1, 0.15) is 6.04 Å². The molecule has 4 amide bonds. The van der Waals surface area contributed by atoms with Crippen LogP contribution in [0, 0.1) is 11.8 Å². The molecular weight excluding hydrogens is 837 g/mol. The maximum atomic E-state index is 13.6. The van der Waals surface area contributed by atoms with E-state index in [2.05, 4.69) is 85.5 Å². The lowest BCUT2D eigenvalue weighted by molar-refractivity contribution is -0.136. The molecule has 4 aliphatic heterocycles. The Bertz CT molecular complexity index is 2950. The molecule has 0 aliphatic carbocycles. The monoisotopic (exact) mass is 888 g/mol. The van der Waals surface area contributed by atoms with Gasteiger partial charge in [0.05, 0.1) is 24.3 Å². The van der Waals surface area contributed by atoms with Crippen LogP contribution >= 0.6 is 0 Å². The molecule has 0 spiro atoms. The second-order valence-corrected chi connectivity index (χ2v) is 17.9. The van der Waals surface area contributed by atoms with Crippen LogP contribution in [0.1, 0.15) is 85.5 Å². The highest BCUT2D eigenvalue weighted by molar-refractivity contribution is 6.05. The Kier molecular flexibility index (Phi) is 12.8. The van der Waals surface area contributed by atoms with E-state index in [0.29, 0.717) is 49.4 Å². The van der Waals surface area contributed by atoms with Gasteiger partial charge in [0.2, 0.25) is 11.8 Å². The smallest absolute Gasteiger partial charge is 0.255 e. The lowest BCUT2D eigenvalue weighted by Gasteiger charge is -2.33. The number of aromatic nitrogens is 3. The van der Waals surface area contributed by atoms with Crippen LogP contribution in [0.5, 0.6) is 0 Å². The van der Waals surface area contributed by atoms with E-state index in [9.17, 15) is 19.2 Å². The van der Waals surface area contributed by atoms with Crippen LogP contribution in [0.4, 0.5) is 0 Å². The second-order valence-electron chi connectivity index (χ2n) is 17.9. The van der Waals surface area contributed by atoms with Gasteiger partial charge in [-0.05, 0) is 109 Å². The maximum absolute atomic E-state index is 13.6. The molecule has 10 rings (SSSR count). The largest absolute Gasteiger partial charge is 0.332 e. The molecule has 12 nitrogen and oxygen atoms in total. The van der Waals surface area contributed by atoms with E-state index in [1.807, 2.05) is 78.0 Å². The molecule has 12 heteroatoms. The summed E-state index contributed by atoms with van der Waals surface area (Å²) in [5.41, 5.74) is 10.3. The first kappa shape index (κ1) is 43.6. The van der Waals surface area contributed by atoms with Crippen LogP contribution < -0.4 is 5.32 Å². The summed E-state index contributed by atoms with van der Waals surface area (Å²) in [7, 11) is 0. The predicted octanol–water partition coefficient (Wildman–Crippen LogP) is 6.81. The Morgan fingerprint density at radius 1 is 0.761 bits per heavy atom. The van der Waals surface area contributed by atoms with Crippen molar-refractivity contribution in [1.29, 1.82) is 0 Å². The van der Waals surface area contributed by atoms with Crippen molar-refractivity contribution in [3.8, 4) is 23.2 Å². The average Bonchev–Trinajstić information content (AvgIpc) is 3.69. The van der Waals surface area contributed by atoms with Gasteiger partial charge >= 0.3 is 0 Å². The molecule has 6 aromatic rings. The number of fused-ring (bicyclic) bond motifs is 3. The van der Waals surface area contributed by atoms with Crippen LogP contribution in [-0.2, 0) is 35.5 Å². The van der Waals surface area contributed by atoms with Gasteiger partial charge in [0.25, 0.3) is 11.8 Å². The van der Waals surface area contributed by atoms with Crippen molar-refractivity contribution in [2.75, 3.05) is 45.8 Å². The summed E-state index contributed by atoms with van der Waals surface area (Å²) in [6, 6.07) is 31.6. The fourth-order valence-electron chi connectivity index (χ4n) is 9.47. The zero-order valence-electron chi connectivity index (χ0n) is 37.5. The van der Waals surface area contributed by atoms with Crippen molar-refractivity contribution >= 4 is 46.7 Å². The number of piperidine rings is 1. The number of benzene rings is 4. The molecule has 4 aliphatic rings. The quantitative estimate of drug-likeness (QED) is 0.0645. The SMILES string of the molecule is O=C1CCC(N2Cc3cc(CCCCN4CCN(CC#Cc5ccc(/C=C/c6ccc(C(=O)N7CCc8cnc(-c9cnc%10ccccc%10c9)nc8C7)cc6)cc5)CC4)ccc3C2=O)C(=O)N1. The molecule has 0 saturated carbocycles. The van der Waals surface area contributed by atoms with Gasteiger partial charge in [-0.15, -0.1) is 0 Å². The molecule has 0 radical (unpaired) electrons. The van der Waals surface area contributed by atoms with E-state index < -0.39 is 6.04 Å². The number of nitrogens with zero attached hydrogens (tertiary/aromatic N) is 7. The number of imide groups is 1. The van der Waals surface area contributed by atoms with Gasteiger partial charge < -0.3 is 14.7 Å². The standard InChI is InChI=1S/C55H52N8O4/c64-51-23-22-50(53(65)59-51)63-36-46-32-41(18-21-47(46)55(63)67)6-3-4-25-60-28-30-61(31-29-60)26-5-7-38-10-12-39(13-11-38)14-15-40-16-19-42(20-17-40)54(66)62-27-24-44-34-57-52(58-49(44)37-62)45-33-43-8-1-2-9-48(43)56-35-45/h1-2,8-21,32-35,50H,3-4,6,22-31,36-37H2,(H,59,64,65)/b15-14+. The molecule has 1 unspecified atom stereocenters. The lowest BCUT2D eigenvalue weighted by Crippen LogP contribution is -2.52. The van der Waals surface area contributed by atoms with E-state index in [1.54, 1.807) is 4.90 Å². The third-order valence-corrected chi connectivity index (χ3v) is 13.4. The number of hydrogen-bond donors (Lipinski definition) is 1. The normalized spacial score (nSPS) is 17.6. The highest BCUT2D eigenvalue weighted by Crippen LogP contribution is 2.29. The Morgan fingerprint density at radius 2 is 1.54 bits per heavy atom. The van der Waals surface area contributed by atoms with Gasteiger partial charge in [-0.1, -0.05) is 78.6 Å². The van der Waals surface area contributed by atoms with E-state index in [1.165, 1.54) is 5.56 Å². The molecule has 336 valence electrons. The van der Waals surface area contributed by atoms with Crippen molar-refractivity contribution in [2.24, 2.45) is 0 Å². The van der Waals surface area contributed by atoms with Crippen molar-refractivity contribution in [1.82, 2.24) is 39.9 Å². The number of carbonyl (C=O) groups is 4. The van der Waals surface area contributed by atoms with Crippen molar-refractivity contribution < 1.29 is 19.2 Å². The number of amides is 4. The van der Waals surface area contributed by atoms with Gasteiger partial charge in [-0.3, -0.25) is 34.4 Å². The van der Waals surface area contributed by atoms with E-state index in [4.69, 9.17) is 4.98 Å². The zero-order chi connectivity index (χ0) is 45.7. The molecular formula is C55H52N8O4. The molecule has 2 aromatic heterocycles. The predicted molar refractivity (Wildman–Crippen MR) is 258 cm³/mol. The van der Waals surface area contributed by atoms with Crippen molar-refractivity contribution in [3.63, 3.8) is 0 Å². The Morgan fingerprint density at radius 3 is 2.34 bits per heavy atom. The number of unbranched alkanes of at least 4 members (excludes halogenated alkanes) is 1. The maximum Gasteiger partial charge on any atom is 0.255 e. The Labute approximate surface area is 390 Å². The third kappa shape index (κ3) is 10.1. The van der Waals surface area contributed by atoms with Gasteiger partial charge in [-0.2, -0.15) is 0 Å². The molecule has 1 N–H and O–H groups in total. The molecule has 2 fully saturated rings. The van der Waals surface area contributed by atoms with Crippen LogP contribution in [0.25, 0.3) is 34.4 Å². The van der Waals surface area contributed by atoms with E-state index in [0.717, 1.165) is 109 Å². The van der Waals surface area contributed by atoms with Crippen LogP contribution in [0.3, 0.4) is 0 Å². The number of pyridine rings is 1. The first-order valence-electron chi connectivity index (χ1n) is 23.4. The number of nitrogens with one attached hydrogen (secondary N) is 1. The summed E-state index contributed by atoms with van der Waals surface area (Å²) in [4.78, 5) is 73.1. The van der Waals surface area contributed by atoms with E-state index in [-0.39, 0.29) is 30.0 Å². The number of carbonyl (C=O) groups excluding carboxylic acids is 4. The van der Waals surface area contributed by atoms with Crippen molar-refractivity contribution in [3.05, 3.63) is 160 Å². The van der Waals surface area contributed by atoms with Crippen LogP contribution in [0.2, 0.25) is 0 Å². The average molecular weight is 889 g/mol. The minimum absolute atomic E-state index is 0.00536.